The lowest BCUT2D eigenvalue weighted by Gasteiger charge is -2.33. The van der Waals surface area contributed by atoms with Gasteiger partial charge >= 0.3 is 0 Å². The average Bonchev–Trinajstić information content (AvgIpc) is 3.29. The number of likely N-dealkylation sites (N-methyl/N-ethyl adjacent to an activating group) is 1. The van der Waals surface area contributed by atoms with E-state index in [1.54, 1.807) is 44.0 Å². The number of aromatic nitrogens is 1. The molecule has 10 heteroatoms. The van der Waals surface area contributed by atoms with E-state index in [9.17, 15) is 18.0 Å². The van der Waals surface area contributed by atoms with E-state index in [0.717, 1.165) is 11.1 Å². The second-order valence-electron chi connectivity index (χ2n) is 10.5. The van der Waals surface area contributed by atoms with Gasteiger partial charge in [0.05, 0.1) is 11.3 Å². The minimum Gasteiger partial charge on any atom is -0.359 e. The molecular weight excluding hydrogens is 552 g/mol. The molecule has 0 radical (unpaired) electrons. The fourth-order valence-electron chi connectivity index (χ4n) is 4.79. The third-order valence-electron chi connectivity index (χ3n) is 7.18. The monoisotopic (exact) mass is 588 g/mol. The van der Waals surface area contributed by atoms with Crippen molar-refractivity contribution in [3.05, 3.63) is 101 Å². The first-order chi connectivity index (χ1) is 20.0. The highest BCUT2D eigenvalue weighted by molar-refractivity contribution is 7.92. The van der Waals surface area contributed by atoms with Gasteiger partial charge in [-0.3, -0.25) is 14.3 Å². The molecule has 3 aromatic carbocycles. The zero-order valence-electron chi connectivity index (χ0n) is 24.4. The predicted octanol–water partition coefficient (Wildman–Crippen LogP) is 5.10. The molecule has 0 saturated heterocycles. The van der Waals surface area contributed by atoms with Gasteiger partial charge in [0.2, 0.25) is 11.8 Å². The third kappa shape index (κ3) is 6.88. The number of nitrogens with one attached hydrogen (secondary N) is 2. The van der Waals surface area contributed by atoms with E-state index in [1.165, 1.54) is 6.07 Å². The molecule has 4 rings (SSSR count). The molecule has 0 bridgehead atoms. The predicted molar refractivity (Wildman–Crippen MR) is 162 cm³/mol. The first-order valence-electron chi connectivity index (χ1n) is 13.7. The molecule has 9 nitrogen and oxygen atoms in total. The summed E-state index contributed by atoms with van der Waals surface area (Å²) in [5.41, 5.74) is 3.48. The van der Waals surface area contributed by atoms with Crippen LogP contribution in [0.1, 0.15) is 36.3 Å². The van der Waals surface area contributed by atoms with Gasteiger partial charge in [0.1, 0.15) is 11.8 Å². The molecule has 0 fully saturated rings. The highest BCUT2D eigenvalue weighted by atomic mass is 32.2. The Hall–Kier alpha value is -4.44. The van der Waals surface area contributed by atoms with Crippen LogP contribution in [-0.2, 0) is 32.6 Å². The topological polar surface area (TPSA) is 122 Å². The van der Waals surface area contributed by atoms with Crippen LogP contribution >= 0.6 is 0 Å². The Bertz CT molecular complexity index is 1650. The van der Waals surface area contributed by atoms with Crippen LogP contribution in [0.4, 0.5) is 5.82 Å². The van der Waals surface area contributed by atoms with Crippen molar-refractivity contribution in [1.29, 1.82) is 0 Å². The fraction of sp³-hybridized carbons (Fsp3) is 0.281. The molecule has 0 aliphatic rings. The van der Waals surface area contributed by atoms with Gasteiger partial charge in [0.15, 0.2) is 5.82 Å². The van der Waals surface area contributed by atoms with E-state index in [2.05, 4.69) is 15.2 Å². The van der Waals surface area contributed by atoms with E-state index in [0.29, 0.717) is 22.5 Å². The van der Waals surface area contributed by atoms with Crippen molar-refractivity contribution in [3.8, 4) is 11.1 Å². The van der Waals surface area contributed by atoms with Crippen molar-refractivity contribution in [2.24, 2.45) is 5.92 Å². The second kappa shape index (κ2) is 13.0. The van der Waals surface area contributed by atoms with Gasteiger partial charge in [-0.15, -0.1) is 0 Å². The average molecular weight is 589 g/mol. The number of hydrogen-bond donors (Lipinski definition) is 2. The molecule has 0 aliphatic heterocycles. The number of carbonyl (C=O) groups excluding carboxylic acids is 2. The van der Waals surface area contributed by atoms with Crippen LogP contribution in [0.15, 0.2) is 88.3 Å². The summed E-state index contributed by atoms with van der Waals surface area (Å²) in [4.78, 5) is 28.2. The number of hydrogen-bond acceptors (Lipinski definition) is 6. The van der Waals surface area contributed by atoms with E-state index < -0.39 is 16.1 Å². The number of sulfonamides is 1. The Balaban J connectivity index is 1.63. The molecule has 1 atom stereocenters. The highest BCUT2D eigenvalue weighted by Crippen LogP contribution is 2.30. The zero-order valence-corrected chi connectivity index (χ0v) is 25.2. The maximum atomic E-state index is 13.6. The molecule has 0 saturated carbocycles. The maximum Gasteiger partial charge on any atom is 0.263 e. The number of nitrogens with zero attached hydrogens (tertiary/aromatic N) is 2. The largest absolute Gasteiger partial charge is 0.359 e. The SMILES string of the molecule is CNC(=O)[C@H](C(C)C)N(Cc1ccc(-c2ccccc2S(=O)(=O)Nc2noc(C)c2C)cc1)C(=O)Cc1ccccc1. The lowest BCUT2D eigenvalue weighted by Crippen LogP contribution is -2.51. The van der Waals surface area contributed by atoms with Crippen molar-refractivity contribution < 1.29 is 22.5 Å². The van der Waals surface area contributed by atoms with E-state index in [4.69, 9.17) is 4.52 Å². The molecule has 1 heterocycles. The van der Waals surface area contributed by atoms with Gasteiger partial charge in [-0.1, -0.05) is 91.8 Å². The first-order valence-corrected chi connectivity index (χ1v) is 15.2. The van der Waals surface area contributed by atoms with Crippen LogP contribution in [0, 0.1) is 19.8 Å². The summed E-state index contributed by atoms with van der Waals surface area (Å²) in [6.45, 7) is 7.49. The quantitative estimate of drug-likeness (QED) is 0.251. The Morgan fingerprint density at radius 1 is 0.905 bits per heavy atom. The van der Waals surface area contributed by atoms with E-state index in [1.807, 2.05) is 68.4 Å². The van der Waals surface area contributed by atoms with Crippen molar-refractivity contribution in [2.75, 3.05) is 11.8 Å². The van der Waals surface area contributed by atoms with Crippen LogP contribution in [0.5, 0.6) is 0 Å². The summed E-state index contributed by atoms with van der Waals surface area (Å²) in [5, 5.41) is 6.53. The van der Waals surface area contributed by atoms with Crippen LogP contribution in [0.25, 0.3) is 11.1 Å². The third-order valence-corrected chi connectivity index (χ3v) is 8.58. The fourth-order valence-corrected chi connectivity index (χ4v) is 6.07. The summed E-state index contributed by atoms with van der Waals surface area (Å²) in [7, 11) is -2.41. The van der Waals surface area contributed by atoms with Gasteiger partial charge < -0.3 is 14.7 Å². The molecule has 1 aromatic heterocycles. The molecule has 220 valence electrons. The van der Waals surface area contributed by atoms with Gasteiger partial charge in [0.25, 0.3) is 10.0 Å². The minimum absolute atomic E-state index is 0.0944. The zero-order chi connectivity index (χ0) is 30.4. The molecular formula is C32H36N4O5S. The number of amides is 2. The minimum atomic E-state index is -3.97. The van der Waals surface area contributed by atoms with E-state index >= 15 is 0 Å². The number of aryl methyl sites for hydroxylation is 1. The Morgan fingerprint density at radius 2 is 1.55 bits per heavy atom. The molecule has 2 N–H and O–H groups in total. The van der Waals surface area contributed by atoms with Crippen LogP contribution in [0.2, 0.25) is 0 Å². The summed E-state index contributed by atoms with van der Waals surface area (Å²) < 4.78 is 34.3. The summed E-state index contributed by atoms with van der Waals surface area (Å²) in [5.74, 6) is 0.170. The summed E-state index contributed by atoms with van der Waals surface area (Å²) in [6.07, 6.45) is 0.169. The van der Waals surface area contributed by atoms with E-state index in [-0.39, 0.29) is 41.4 Å². The highest BCUT2D eigenvalue weighted by Gasteiger charge is 2.32. The Labute approximate surface area is 247 Å². The lowest BCUT2D eigenvalue weighted by atomic mass is 9.98. The van der Waals surface area contributed by atoms with Gasteiger partial charge in [0, 0.05) is 24.7 Å². The molecule has 42 heavy (non-hydrogen) atoms. The maximum absolute atomic E-state index is 13.6. The number of anilines is 1. The number of carbonyl (C=O) groups is 2. The molecule has 2 amide bonds. The molecule has 0 unspecified atom stereocenters. The lowest BCUT2D eigenvalue weighted by molar-refractivity contribution is -0.142. The smallest absolute Gasteiger partial charge is 0.263 e. The van der Waals surface area contributed by atoms with Gasteiger partial charge in [-0.25, -0.2) is 8.42 Å². The Morgan fingerprint density at radius 3 is 2.14 bits per heavy atom. The van der Waals surface area contributed by atoms with Gasteiger partial charge in [-0.2, -0.15) is 0 Å². The van der Waals surface area contributed by atoms with Crippen molar-refractivity contribution >= 4 is 27.7 Å². The second-order valence-corrected chi connectivity index (χ2v) is 12.1. The number of rotatable bonds is 11. The van der Waals surface area contributed by atoms with Crippen LogP contribution in [-0.4, -0.2) is 43.4 Å². The van der Waals surface area contributed by atoms with Gasteiger partial charge in [-0.05, 0) is 42.5 Å². The first kappa shape index (κ1) is 30.5. The normalized spacial score (nSPS) is 12.1. The van der Waals surface area contributed by atoms with Crippen molar-refractivity contribution in [3.63, 3.8) is 0 Å². The summed E-state index contributed by atoms with van der Waals surface area (Å²) in [6, 6.07) is 22.8. The summed E-state index contributed by atoms with van der Waals surface area (Å²) >= 11 is 0. The van der Waals surface area contributed by atoms with Crippen LogP contribution < -0.4 is 10.0 Å². The van der Waals surface area contributed by atoms with Crippen molar-refractivity contribution in [2.45, 2.75) is 51.6 Å². The molecule has 0 spiro atoms. The standard InChI is InChI=1S/C32H36N4O5S/c1-21(2)30(32(38)33-5)36(29(37)19-24-11-7-6-8-12-24)20-25-15-17-26(18-16-25)27-13-9-10-14-28(27)42(39,40)35-31-22(3)23(4)41-34-31/h6-18,21,30H,19-20H2,1-5H3,(H,33,38)(H,34,35)/t30-/m0/s1. The molecule has 0 aliphatic carbocycles. The number of benzene rings is 3. The Kier molecular flexibility index (Phi) is 9.47. The molecule has 4 aromatic rings. The van der Waals surface area contributed by atoms with Crippen molar-refractivity contribution in [1.82, 2.24) is 15.4 Å². The van der Waals surface area contributed by atoms with Crippen LogP contribution in [0.3, 0.4) is 0 Å².